The van der Waals surface area contributed by atoms with Gasteiger partial charge in [0, 0.05) is 30.9 Å². The molecule has 0 N–H and O–H groups in total. The third-order valence-electron chi connectivity index (χ3n) is 6.07. The minimum Gasteiger partial charge on any atom is -0.330 e. The Bertz CT molecular complexity index is 1370. The highest BCUT2D eigenvalue weighted by atomic mass is 19.2. The summed E-state index contributed by atoms with van der Waals surface area (Å²) in [6, 6.07) is 5.41. The summed E-state index contributed by atoms with van der Waals surface area (Å²) in [7, 11) is 1.67. The van der Waals surface area contributed by atoms with Gasteiger partial charge < -0.3 is 4.90 Å². The largest absolute Gasteiger partial charge is 0.330 e. The summed E-state index contributed by atoms with van der Waals surface area (Å²) in [4.78, 5) is 15.1. The van der Waals surface area contributed by atoms with Gasteiger partial charge in [-0.15, -0.1) is 0 Å². The zero-order valence-corrected chi connectivity index (χ0v) is 17.7. The van der Waals surface area contributed by atoms with E-state index in [1.165, 1.54) is 4.68 Å². The lowest BCUT2D eigenvalue weighted by molar-refractivity contribution is 0.0675. The van der Waals surface area contributed by atoms with Crippen LogP contribution >= 0.6 is 0 Å². The highest BCUT2D eigenvalue weighted by molar-refractivity contribution is 6.01. The number of aryl methyl sites for hydroxylation is 2. The molecule has 164 valence electrons. The minimum absolute atomic E-state index is 0.158. The first-order valence-corrected chi connectivity index (χ1v) is 10.2. The van der Waals surface area contributed by atoms with Crippen molar-refractivity contribution >= 4 is 11.4 Å². The monoisotopic (exact) mass is 439 g/mol. The van der Waals surface area contributed by atoms with Crippen molar-refractivity contribution in [1.82, 2.24) is 24.3 Å². The highest BCUT2D eigenvalue weighted by Crippen LogP contribution is 2.37. The molecule has 0 bridgehead atoms. The molecule has 0 spiro atoms. The van der Waals surface area contributed by atoms with Gasteiger partial charge in [-0.25, -0.2) is 17.7 Å². The normalized spacial score (nSPS) is 15.9. The first kappa shape index (κ1) is 20.3. The topological polar surface area (TPSA) is 55.4 Å². The summed E-state index contributed by atoms with van der Waals surface area (Å²) in [6.45, 7) is 4.23. The fourth-order valence-electron chi connectivity index (χ4n) is 4.48. The molecule has 0 saturated heterocycles. The number of carbonyl (C=O) groups excluding carboxylic acids is 1. The zero-order valence-electron chi connectivity index (χ0n) is 17.7. The molecule has 1 aliphatic rings. The molecular weight excluding hydrogens is 419 g/mol. The standard InChI is InChI=1S/C23H20F3N5O/c1-12-4-7-31-19(8-12)16(11-27-31)23(32)30-6-5-15-21(13(30)2)28-29(3)22(15)14-9-17(24)20(26)18(25)10-14/h4,7-11,13H,5-6H2,1-3H3/t13-/m0/s1. The number of aromatic nitrogens is 4. The summed E-state index contributed by atoms with van der Waals surface area (Å²) in [5.41, 5.74) is 4.43. The zero-order chi connectivity index (χ0) is 22.7. The van der Waals surface area contributed by atoms with Gasteiger partial charge in [-0.05, 0) is 50.1 Å². The molecule has 0 unspecified atom stereocenters. The number of hydrogen-bond donors (Lipinski definition) is 0. The Labute approximate surface area is 181 Å². The Morgan fingerprint density at radius 2 is 1.88 bits per heavy atom. The molecule has 3 aromatic heterocycles. The lowest BCUT2D eigenvalue weighted by atomic mass is 9.95. The average molecular weight is 439 g/mol. The Kier molecular flexibility index (Phi) is 4.58. The van der Waals surface area contributed by atoms with Crippen molar-refractivity contribution in [2.45, 2.75) is 26.3 Å². The van der Waals surface area contributed by atoms with Crippen LogP contribution in [0.1, 0.15) is 40.1 Å². The number of carbonyl (C=O) groups is 1. The van der Waals surface area contributed by atoms with E-state index in [1.807, 2.05) is 32.2 Å². The van der Waals surface area contributed by atoms with E-state index in [1.54, 1.807) is 22.7 Å². The van der Waals surface area contributed by atoms with E-state index in [4.69, 9.17) is 0 Å². The van der Waals surface area contributed by atoms with Crippen molar-refractivity contribution in [2.75, 3.05) is 6.54 Å². The SMILES string of the molecule is Cc1ccn2ncc(C(=O)N3CCc4c(nn(C)c4-c4cc(F)c(F)c(F)c4)[C@@H]3C)c2c1. The van der Waals surface area contributed by atoms with Crippen LogP contribution in [-0.2, 0) is 13.5 Å². The van der Waals surface area contributed by atoms with Crippen LogP contribution in [0.3, 0.4) is 0 Å². The van der Waals surface area contributed by atoms with Gasteiger partial charge in [0.1, 0.15) is 0 Å². The predicted octanol–water partition coefficient (Wildman–Crippen LogP) is 4.22. The Balaban J connectivity index is 1.53. The van der Waals surface area contributed by atoms with Crippen molar-refractivity contribution in [3.05, 3.63) is 76.5 Å². The molecule has 5 rings (SSSR count). The lowest BCUT2D eigenvalue weighted by Crippen LogP contribution is -2.38. The van der Waals surface area contributed by atoms with Gasteiger partial charge in [0.25, 0.3) is 5.91 Å². The van der Waals surface area contributed by atoms with Crippen molar-refractivity contribution in [2.24, 2.45) is 7.05 Å². The van der Waals surface area contributed by atoms with E-state index in [2.05, 4.69) is 10.2 Å². The van der Waals surface area contributed by atoms with Crippen LogP contribution in [0.25, 0.3) is 16.8 Å². The summed E-state index contributed by atoms with van der Waals surface area (Å²) < 4.78 is 44.3. The van der Waals surface area contributed by atoms with Crippen molar-refractivity contribution in [3.8, 4) is 11.3 Å². The van der Waals surface area contributed by atoms with Gasteiger partial charge in [-0.1, -0.05) is 0 Å². The molecule has 1 aromatic carbocycles. The number of nitrogens with zero attached hydrogens (tertiary/aromatic N) is 5. The third-order valence-corrected chi connectivity index (χ3v) is 6.07. The van der Waals surface area contributed by atoms with Gasteiger partial charge in [0.15, 0.2) is 17.5 Å². The summed E-state index contributed by atoms with van der Waals surface area (Å²) >= 11 is 0. The Hall–Kier alpha value is -3.62. The maximum atomic E-state index is 13.8. The van der Waals surface area contributed by atoms with Gasteiger partial charge in [-0.2, -0.15) is 10.2 Å². The molecule has 0 fully saturated rings. The van der Waals surface area contributed by atoms with Crippen molar-refractivity contribution < 1.29 is 18.0 Å². The first-order chi connectivity index (χ1) is 15.3. The maximum absolute atomic E-state index is 13.8. The molecular formula is C23H20F3N5O. The molecule has 9 heteroatoms. The summed E-state index contributed by atoms with van der Waals surface area (Å²) in [5, 5.41) is 8.82. The molecule has 32 heavy (non-hydrogen) atoms. The number of benzene rings is 1. The van der Waals surface area contributed by atoms with Crippen molar-refractivity contribution in [3.63, 3.8) is 0 Å². The molecule has 4 aromatic rings. The molecule has 1 amide bonds. The van der Waals surface area contributed by atoms with Crippen LogP contribution in [-0.4, -0.2) is 36.7 Å². The Morgan fingerprint density at radius 3 is 2.59 bits per heavy atom. The second-order valence-electron chi connectivity index (χ2n) is 8.11. The molecule has 0 saturated carbocycles. The molecule has 0 aliphatic carbocycles. The van der Waals surface area contributed by atoms with Gasteiger partial charge in [0.05, 0.1) is 34.7 Å². The van der Waals surface area contributed by atoms with Crippen LogP contribution in [0.5, 0.6) is 0 Å². The van der Waals surface area contributed by atoms with Gasteiger partial charge in [-0.3, -0.25) is 9.48 Å². The molecule has 0 radical (unpaired) electrons. The van der Waals surface area contributed by atoms with E-state index in [-0.39, 0.29) is 17.5 Å². The second-order valence-corrected chi connectivity index (χ2v) is 8.11. The summed E-state index contributed by atoms with van der Waals surface area (Å²) in [5.74, 6) is -4.16. The Morgan fingerprint density at radius 1 is 1.16 bits per heavy atom. The number of rotatable bonds is 2. The van der Waals surface area contributed by atoms with Crippen LogP contribution in [0.4, 0.5) is 13.2 Å². The quantitative estimate of drug-likeness (QED) is 0.440. The molecule has 6 nitrogen and oxygen atoms in total. The van der Waals surface area contributed by atoms with Crippen LogP contribution in [0, 0.1) is 24.4 Å². The highest BCUT2D eigenvalue weighted by Gasteiger charge is 2.34. The summed E-state index contributed by atoms with van der Waals surface area (Å²) in [6.07, 6.45) is 3.83. The van der Waals surface area contributed by atoms with Crippen molar-refractivity contribution in [1.29, 1.82) is 0 Å². The molecule has 4 heterocycles. The van der Waals surface area contributed by atoms with Crippen LogP contribution < -0.4 is 0 Å². The first-order valence-electron chi connectivity index (χ1n) is 10.2. The smallest absolute Gasteiger partial charge is 0.258 e. The maximum Gasteiger partial charge on any atom is 0.258 e. The number of pyridine rings is 1. The second kappa shape index (κ2) is 7.22. The number of amides is 1. The molecule has 1 atom stereocenters. The van der Waals surface area contributed by atoms with E-state index in [0.717, 1.165) is 28.8 Å². The van der Waals surface area contributed by atoms with Gasteiger partial charge in [0.2, 0.25) is 0 Å². The van der Waals surface area contributed by atoms with Gasteiger partial charge >= 0.3 is 0 Å². The average Bonchev–Trinajstić information content (AvgIpc) is 3.32. The fourth-order valence-corrected chi connectivity index (χ4v) is 4.48. The molecule has 1 aliphatic heterocycles. The van der Waals surface area contributed by atoms with E-state index in [9.17, 15) is 18.0 Å². The lowest BCUT2D eigenvalue weighted by Gasteiger charge is -2.32. The van der Waals surface area contributed by atoms with E-state index in [0.29, 0.717) is 29.9 Å². The van der Waals surface area contributed by atoms with Crippen LogP contribution in [0.15, 0.2) is 36.7 Å². The minimum atomic E-state index is -1.50. The number of halogens is 3. The number of fused-ring (bicyclic) bond motifs is 2. The number of hydrogen-bond acceptors (Lipinski definition) is 3. The van der Waals surface area contributed by atoms with E-state index >= 15 is 0 Å². The van der Waals surface area contributed by atoms with Crippen LogP contribution in [0.2, 0.25) is 0 Å². The third kappa shape index (κ3) is 2.99. The predicted molar refractivity (Wildman–Crippen MR) is 112 cm³/mol. The fraction of sp³-hybridized carbons (Fsp3) is 0.261. The van der Waals surface area contributed by atoms with E-state index < -0.39 is 17.5 Å².